The minimum absolute atomic E-state index is 0.332. The van der Waals surface area contributed by atoms with E-state index in [-0.39, 0.29) is 0 Å². The van der Waals surface area contributed by atoms with Gasteiger partial charge in [-0.15, -0.1) is 0 Å². The summed E-state index contributed by atoms with van der Waals surface area (Å²) in [5, 5.41) is 14.3. The Labute approximate surface area is 121 Å². The van der Waals surface area contributed by atoms with Gasteiger partial charge in [-0.25, -0.2) is 4.79 Å². The van der Waals surface area contributed by atoms with Crippen molar-refractivity contribution < 1.29 is 9.63 Å². The lowest BCUT2D eigenvalue weighted by Crippen LogP contribution is -2.19. The third kappa shape index (κ3) is 2.07. The fourth-order valence-corrected chi connectivity index (χ4v) is 2.70. The van der Waals surface area contributed by atoms with E-state index < -0.39 is 6.09 Å². The average molecular weight is 282 g/mol. The lowest BCUT2D eigenvalue weighted by atomic mass is 10.2. The largest absolute Gasteiger partial charge is 0.433 e. The molecule has 1 N–H and O–H groups in total. The zero-order valence-corrected chi connectivity index (χ0v) is 11.4. The van der Waals surface area contributed by atoms with Crippen LogP contribution in [-0.2, 0) is 11.4 Å². The molecule has 2 heterocycles. The molecule has 1 aliphatic heterocycles. The minimum atomic E-state index is -0.443. The number of anilines is 1. The number of aromatic nitrogens is 1. The van der Waals surface area contributed by atoms with Gasteiger partial charge in [0.15, 0.2) is 0 Å². The molecule has 1 amide bonds. The predicted octanol–water partition coefficient (Wildman–Crippen LogP) is 2.34. The van der Waals surface area contributed by atoms with Crippen LogP contribution in [0.1, 0.15) is 18.4 Å². The summed E-state index contributed by atoms with van der Waals surface area (Å²) in [7, 11) is 0. The predicted molar refractivity (Wildman–Crippen MR) is 76.3 cm³/mol. The molecule has 6 nitrogen and oxygen atoms in total. The topological polar surface area (TPSA) is 70.3 Å². The molecule has 2 aliphatic rings. The maximum Gasteiger partial charge on any atom is 0.433 e. The maximum atomic E-state index is 11.1. The first kappa shape index (κ1) is 12.1. The van der Waals surface area contributed by atoms with Crippen molar-refractivity contribution in [1.29, 1.82) is 5.26 Å². The molecule has 1 aromatic carbocycles. The van der Waals surface area contributed by atoms with Crippen LogP contribution in [0, 0.1) is 17.2 Å². The number of nitrogens with one attached hydrogen (secondary N) is 1. The molecule has 0 unspecified atom stereocenters. The molecule has 0 atom stereocenters. The van der Waals surface area contributed by atoms with Gasteiger partial charge < -0.3 is 9.40 Å². The van der Waals surface area contributed by atoms with E-state index in [1.807, 2.05) is 24.4 Å². The molecular formula is C15H14N4O2. The highest BCUT2D eigenvalue weighted by atomic mass is 16.7. The van der Waals surface area contributed by atoms with Crippen LogP contribution in [0.2, 0.25) is 0 Å². The molecule has 1 aromatic heterocycles. The lowest BCUT2D eigenvalue weighted by molar-refractivity contribution is 0.166. The number of carbonyl (C=O) groups excluding carboxylic acids is 1. The van der Waals surface area contributed by atoms with Crippen molar-refractivity contribution in [3.05, 3.63) is 30.0 Å². The fraction of sp³-hybridized carbons (Fsp3) is 0.333. The van der Waals surface area contributed by atoms with Crippen LogP contribution in [-0.4, -0.2) is 17.3 Å². The Morgan fingerprint density at radius 3 is 2.95 bits per heavy atom. The highest BCUT2D eigenvalue weighted by Crippen LogP contribution is 2.34. The van der Waals surface area contributed by atoms with Crippen LogP contribution in [0.25, 0.3) is 10.9 Å². The monoisotopic (exact) mass is 282 g/mol. The van der Waals surface area contributed by atoms with Gasteiger partial charge >= 0.3 is 6.09 Å². The Bertz CT molecular complexity index is 770. The Morgan fingerprint density at radius 1 is 1.43 bits per heavy atom. The highest BCUT2D eigenvalue weighted by Gasteiger charge is 2.24. The molecule has 21 heavy (non-hydrogen) atoms. The number of nitriles is 1. The van der Waals surface area contributed by atoms with Crippen LogP contribution in [0.15, 0.2) is 24.4 Å². The summed E-state index contributed by atoms with van der Waals surface area (Å²) < 4.78 is 2.14. The maximum absolute atomic E-state index is 11.1. The molecule has 106 valence electrons. The first-order chi connectivity index (χ1) is 10.2. The van der Waals surface area contributed by atoms with Crippen molar-refractivity contribution in [2.45, 2.75) is 19.4 Å². The number of hydrogen-bond donors (Lipinski definition) is 1. The third-order valence-corrected chi connectivity index (χ3v) is 3.99. The summed E-state index contributed by atoms with van der Waals surface area (Å²) >= 11 is 0. The second-order valence-corrected chi connectivity index (χ2v) is 5.54. The SMILES string of the molecule is N#Cc1cn(CC2CC2)c2cc(N3CNC(=O)O3)ccc12. The molecule has 1 saturated carbocycles. The second-order valence-electron chi connectivity index (χ2n) is 5.54. The number of nitrogens with zero attached hydrogens (tertiary/aromatic N) is 3. The summed E-state index contributed by atoms with van der Waals surface area (Å²) in [5.74, 6) is 0.724. The van der Waals surface area contributed by atoms with Crippen molar-refractivity contribution >= 4 is 22.7 Å². The first-order valence-electron chi connectivity index (χ1n) is 7.01. The average Bonchev–Trinajstić information content (AvgIpc) is 3.10. The number of hydroxylamine groups is 1. The van der Waals surface area contributed by atoms with Gasteiger partial charge in [0.05, 0.1) is 16.8 Å². The normalized spacial score (nSPS) is 17.7. The molecule has 0 radical (unpaired) electrons. The second kappa shape index (κ2) is 4.42. The molecule has 0 bridgehead atoms. The van der Waals surface area contributed by atoms with E-state index in [0.29, 0.717) is 12.2 Å². The highest BCUT2D eigenvalue weighted by molar-refractivity contribution is 5.89. The molecule has 2 fully saturated rings. The van der Waals surface area contributed by atoms with E-state index >= 15 is 0 Å². The Balaban J connectivity index is 1.77. The Kier molecular flexibility index (Phi) is 2.54. The summed E-state index contributed by atoms with van der Waals surface area (Å²) in [5.41, 5.74) is 2.51. The van der Waals surface area contributed by atoms with Crippen molar-refractivity contribution in [3.8, 4) is 6.07 Å². The number of fused-ring (bicyclic) bond motifs is 1. The number of rotatable bonds is 3. The van der Waals surface area contributed by atoms with Crippen molar-refractivity contribution in [2.24, 2.45) is 5.92 Å². The van der Waals surface area contributed by atoms with Crippen molar-refractivity contribution in [3.63, 3.8) is 0 Å². The standard InChI is InChI=1S/C15H14N4O2/c16-6-11-8-18(7-10-1-2-10)14-5-12(3-4-13(11)14)19-9-17-15(20)21-19/h3-5,8,10H,1-2,7,9H2,(H,17,20). The summed E-state index contributed by atoms with van der Waals surface area (Å²) in [6, 6.07) is 8.00. The Morgan fingerprint density at radius 2 is 2.29 bits per heavy atom. The number of amides is 1. The van der Waals surface area contributed by atoms with Crippen LogP contribution in [0.5, 0.6) is 0 Å². The first-order valence-corrected chi connectivity index (χ1v) is 7.01. The van der Waals surface area contributed by atoms with Crippen molar-refractivity contribution in [1.82, 2.24) is 9.88 Å². The van der Waals surface area contributed by atoms with Gasteiger partial charge in [-0.05, 0) is 37.0 Å². The number of benzene rings is 1. The molecule has 1 aliphatic carbocycles. The summed E-state index contributed by atoms with van der Waals surface area (Å²) in [6.45, 7) is 1.28. The van der Waals surface area contributed by atoms with E-state index in [1.165, 1.54) is 17.9 Å². The van der Waals surface area contributed by atoms with Crippen LogP contribution < -0.4 is 10.4 Å². The van der Waals surface area contributed by atoms with Crippen molar-refractivity contribution in [2.75, 3.05) is 11.7 Å². The molecule has 1 saturated heterocycles. The van der Waals surface area contributed by atoms with Gasteiger partial charge in [0.2, 0.25) is 0 Å². The fourth-order valence-electron chi connectivity index (χ4n) is 2.70. The summed E-state index contributed by atoms with van der Waals surface area (Å²) in [6.07, 6.45) is 3.99. The van der Waals surface area contributed by atoms with Crippen LogP contribution >= 0.6 is 0 Å². The van der Waals surface area contributed by atoms with Crippen LogP contribution in [0.3, 0.4) is 0 Å². The van der Waals surface area contributed by atoms with E-state index in [0.717, 1.165) is 29.1 Å². The van der Waals surface area contributed by atoms with E-state index in [2.05, 4.69) is 16.0 Å². The molecule has 2 aromatic rings. The quantitative estimate of drug-likeness (QED) is 0.938. The Hall–Kier alpha value is -2.68. The van der Waals surface area contributed by atoms with Gasteiger partial charge in [-0.2, -0.15) is 10.3 Å². The third-order valence-electron chi connectivity index (χ3n) is 3.99. The number of carbonyl (C=O) groups is 1. The minimum Gasteiger partial charge on any atom is -0.346 e. The van der Waals surface area contributed by atoms with Gasteiger partial charge in [0.1, 0.15) is 12.7 Å². The van der Waals surface area contributed by atoms with E-state index in [9.17, 15) is 10.1 Å². The van der Waals surface area contributed by atoms with Gasteiger partial charge in [-0.1, -0.05) is 0 Å². The molecule has 4 rings (SSSR count). The zero-order valence-electron chi connectivity index (χ0n) is 11.4. The lowest BCUT2D eigenvalue weighted by Gasteiger charge is -2.14. The zero-order chi connectivity index (χ0) is 14.4. The summed E-state index contributed by atoms with van der Waals surface area (Å²) in [4.78, 5) is 16.2. The van der Waals surface area contributed by atoms with E-state index in [1.54, 1.807) is 0 Å². The molecular weight excluding hydrogens is 268 g/mol. The van der Waals surface area contributed by atoms with Gasteiger partial charge in [0.25, 0.3) is 0 Å². The number of hydrogen-bond acceptors (Lipinski definition) is 4. The smallest absolute Gasteiger partial charge is 0.346 e. The van der Waals surface area contributed by atoms with Gasteiger partial charge in [0, 0.05) is 18.1 Å². The molecule has 0 spiro atoms. The van der Waals surface area contributed by atoms with Crippen LogP contribution in [0.4, 0.5) is 10.5 Å². The van der Waals surface area contributed by atoms with E-state index in [4.69, 9.17) is 4.84 Å². The van der Waals surface area contributed by atoms with Gasteiger partial charge in [-0.3, -0.25) is 5.32 Å². The molecule has 6 heteroatoms.